The predicted octanol–water partition coefficient (Wildman–Crippen LogP) is 3.39. The monoisotopic (exact) mass is 603 g/mol. The van der Waals surface area contributed by atoms with E-state index >= 15 is 0 Å². The smallest absolute Gasteiger partial charge is 0.255 e. The number of Topliss-reactive ketones (excluding diaryl/α,β-unsaturated/α-hetero) is 2. The molecule has 2 aromatic rings. The first-order valence-electron chi connectivity index (χ1n) is 12.7. The number of hydrogen-bond acceptors (Lipinski definition) is 9. The second-order valence-corrected chi connectivity index (χ2v) is 11.5. The summed E-state index contributed by atoms with van der Waals surface area (Å²) in [6, 6.07) is 5.32. The number of ketones is 2. The van der Waals surface area contributed by atoms with Crippen molar-refractivity contribution in [3.05, 3.63) is 62.3 Å². The van der Waals surface area contributed by atoms with Crippen LogP contribution < -0.4 is 10.6 Å². The molecule has 0 saturated carbocycles. The molecular formula is C29H31Cl2N3O7. The van der Waals surface area contributed by atoms with E-state index in [0.717, 1.165) is 0 Å². The summed E-state index contributed by atoms with van der Waals surface area (Å²) in [6.45, 7) is 0. The molecule has 0 aliphatic heterocycles. The van der Waals surface area contributed by atoms with Gasteiger partial charge in [0, 0.05) is 30.9 Å². The van der Waals surface area contributed by atoms with Crippen molar-refractivity contribution in [2.75, 3.05) is 33.1 Å². The lowest BCUT2D eigenvalue weighted by Gasteiger charge is -2.36. The fourth-order valence-electron chi connectivity index (χ4n) is 5.75. The van der Waals surface area contributed by atoms with Crippen LogP contribution in [0.5, 0.6) is 5.75 Å². The van der Waals surface area contributed by atoms with Crippen LogP contribution in [-0.4, -0.2) is 83.1 Å². The molecule has 6 N–H and O–H groups in total. The maximum Gasteiger partial charge on any atom is 0.255 e. The van der Waals surface area contributed by atoms with Crippen LogP contribution in [0.3, 0.4) is 0 Å². The third-order valence-electron chi connectivity index (χ3n) is 7.58. The summed E-state index contributed by atoms with van der Waals surface area (Å²) in [7, 11) is 6.65. The Labute approximate surface area is 246 Å². The van der Waals surface area contributed by atoms with Gasteiger partial charge in [0.1, 0.15) is 22.8 Å². The van der Waals surface area contributed by atoms with E-state index in [4.69, 9.17) is 28.9 Å². The van der Waals surface area contributed by atoms with Crippen molar-refractivity contribution >= 4 is 52.1 Å². The van der Waals surface area contributed by atoms with Gasteiger partial charge in [-0.2, -0.15) is 0 Å². The highest BCUT2D eigenvalue weighted by molar-refractivity contribution is 6.42. The van der Waals surface area contributed by atoms with Gasteiger partial charge in [-0.15, -0.1) is 0 Å². The average molecular weight is 604 g/mol. The van der Waals surface area contributed by atoms with Gasteiger partial charge < -0.3 is 31.1 Å². The van der Waals surface area contributed by atoms with Crippen LogP contribution in [0.1, 0.15) is 24.0 Å². The third kappa shape index (κ3) is 5.40. The van der Waals surface area contributed by atoms with E-state index in [9.17, 15) is 34.8 Å². The van der Waals surface area contributed by atoms with Crippen LogP contribution in [0.25, 0.3) is 16.9 Å². The Hall–Kier alpha value is -3.57. The number of amides is 1. The number of carbonyl (C=O) groups is 3. The predicted molar refractivity (Wildman–Crippen MR) is 156 cm³/mol. The van der Waals surface area contributed by atoms with Gasteiger partial charge >= 0.3 is 0 Å². The highest BCUT2D eigenvalue weighted by Gasteiger charge is 2.42. The van der Waals surface area contributed by atoms with Crippen LogP contribution in [0.4, 0.5) is 5.69 Å². The van der Waals surface area contributed by atoms with E-state index in [1.165, 1.54) is 4.90 Å². The van der Waals surface area contributed by atoms with Gasteiger partial charge in [-0.05, 0) is 62.2 Å². The topological polar surface area (TPSA) is 165 Å². The Morgan fingerprint density at radius 3 is 2.22 bits per heavy atom. The Balaban J connectivity index is 1.98. The van der Waals surface area contributed by atoms with Crippen molar-refractivity contribution in [3.8, 4) is 16.9 Å². The van der Waals surface area contributed by atoms with Crippen molar-refractivity contribution in [1.82, 2.24) is 4.90 Å². The van der Waals surface area contributed by atoms with Crippen LogP contribution in [0, 0.1) is 5.92 Å². The lowest BCUT2D eigenvalue weighted by molar-refractivity contribution is -0.125. The molecule has 41 heavy (non-hydrogen) atoms. The van der Waals surface area contributed by atoms with E-state index in [0.29, 0.717) is 27.4 Å². The van der Waals surface area contributed by atoms with E-state index < -0.39 is 59.0 Å². The number of carbonyl (C=O) groups excluding carboxylic acids is 3. The number of aliphatic hydroxyl groups is 3. The van der Waals surface area contributed by atoms with Gasteiger partial charge in [0.05, 0.1) is 34.2 Å². The maximum absolute atomic E-state index is 13.5. The maximum atomic E-state index is 13.5. The van der Waals surface area contributed by atoms with Gasteiger partial charge in [-0.25, -0.2) is 0 Å². The van der Waals surface area contributed by atoms with Crippen molar-refractivity contribution < 1.29 is 34.8 Å². The molecule has 2 aliphatic rings. The van der Waals surface area contributed by atoms with Gasteiger partial charge in [0.25, 0.3) is 5.91 Å². The summed E-state index contributed by atoms with van der Waals surface area (Å²) in [5.41, 5.74) is 6.41. The van der Waals surface area contributed by atoms with Crippen molar-refractivity contribution in [2.45, 2.75) is 31.4 Å². The number of halogens is 2. The number of allylic oxidation sites excluding steroid dienone is 1. The molecule has 0 heterocycles. The molecule has 0 aromatic heterocycles. The fraction of sp³-hybridized carbons (Fsp3) is 0.345. The third-order valence-corrected chi connectivity index (χ3v) is 8.32. The van der Waals surface area contributed by atoms with Gasteiger partial charge in [0.15, 0.2) is 11.6 Å². The molecule has 0 bridgehead atoms. The first-order chi connectivity index (χ1) is 19.1. The number of nitrogens with zero attached hydrogens (tertiary/aromatic N) is 2. The molecular weight excluding hydrogens is 573 g/mol. The Bertz CT molecular complexity index is 1530. The second kappa shape index (κ2) is 11.4. The Morgan fingerprint density at radius 1 is 1.00 bits per heavy atom. The van der Waals surface area contributed by atoms with E-state index in [-0.39, 0.29) is 34.8 Å². The number of primary amides is 1. The second-order valence-electron chi connectivity index (χ2n) is 10.7. The number of phenolic OH excluding ortho intramolecular Hbond substituents is 1. The molecule has 1 amide bonds. The number of nitrogens with two attached hydrogens (primary N) is 1. The molecule has 10 nitrogen and oxygen atoms in total. The zero-order valence-electron chi connectivity index (χ0n) is 22.9. The molecule has 0 spiro atoms. The molecule has 0 saturated heterocycles. The summed E-state index contributed by atoms with van der Waals surface area (Å²) >= 11 is 12.3. The number of aromatic hydroxyl groups is 1. The molecule has 4 rings (SSSR count). The average Bonchev–Trinajstić information content (AvgIpc) is 2.84. The highest BCUT2D eigenvalue weighted by atomic mass is 35.5. The molecule has 2 aliphatic carbocycles. The molecule has 0 radical (unpaired) electrons. The molecule has 0 fully saturated rings. The van der Waals surface area contributed by atoms with Crippen LogP contribution in [-0.2, 0) is 20.8 Å². The minimum Gasteiger partial charge on any atom is -0.510 e. The normalized spacial score (nSPS) is 23.4. The van der Waals surface area contributed by atoms with Crippen molar-refractivity contribution in [3.63, 3.8) is 0 Å². The van der Waals surface area contributed by atoms with Gasteiger partial charge in [0.2, 0.25) is 0 Å². The summed E-state index contributed by atoms with van der Waals surface area (Å²) in [5, 5.41) is 45.8. The Morgan fingerprint density at radius 2 is 1.66 bits per heavy atom. The Kier molecular flexibility index (Phi) is 8.42. The van der Waals surface area contributed by atoms with Gasteiger partial charge in [-0.3, -0.25) is 19.3 Å². The fourth-order valence-corrected chi connectivity index (χ4v) is 6.05. The highest BCUT2D eigenvalue weighted by Crippen LogP contribution is 2.49. The zero-order valence-corrected chi connectivity index (χ0v) is 24.4. The van der Waals surface area contributed by atoms with Crippen molar-refractivity contribution in [1.29, 1.82) is 0 Å². The quantitative estimate of drug-likeness (QED) is 0.260. The molecule has 2 aromatic carbocycles. The van der Waals surface area contributed by atoms with Crippen LogP contribution in [0.2, 0.25) is 10.0 Å². The SMILES string of the molecule is CN(C)c1cc(-c2ccc(Cl)c(Cl)c2)c(O)c2c1C[C@H]1C[C@H](O)[C@H](N(C)C)/C(O)=C(/C(N)=O)C(=O)CC(=O)C1=C2O. The van der Waals surface area contributed by atoms with E-state index in [2.05, 4.69) is 0 Å². The first-order valence-corrected chi connectivity index (χ1v) is 13.5. The van der Waals surface area contributed by atoms with E-state index in [1.807, 2.05) is 0 Å². The number of anilines is 1. The number of phenols is 1. The number of likely N-dealkylation sites (N-methyl/N-ethyl adjacent to an activating group) is 1. The minimum absolute atomic E-state index is 0.00791. The lowest BCUT2D eigenvalue weighted by Crippen LogP contribution is -2.45. The number of aliphatic hydroxyl groups excluding tert-OH is 3. The zero-order chi connectivity index (χ0) is 30.5. The summed E-state index contributed by atoms with van der Waals surface area (Å²) in [4.78, 5) is 42.0. The molecule has 12 heteroatoms. The standard InChI is InChI=1S/C29H31Cl2N3O7/c1-33(2)18-10-14(12-5-6-16(30)17(31)8-12)26(38)23-15(18)7-13-9-21(37)25(34(3)4)28(40)24(29(32)41)20(36)11-19(35)22(13)27(23)39/h5-6,8,10,13,21,25,37-40H,7,9,11H2,1-4H3,(H2,32,41)/b28-24-/t13-,21-,25-/m0/s1. The van der Waals surface area contributed by atoms with E-state index in [1.54, 1.807) is 57.4 Å². The molecule has 0 unspecified atom stereocenters. The minimum atomic E-state index is -1.38. The molecule has 218 valence electrons. The van der Waals surface area contributed by atoms with Crippen LogP contribution >= 0.6 is 23.2 Å². The largest absolute Gasteiger partial charge is 0.510 e. The van der Waals surface area contributed by atoms with Gasteiger partial charge in [-0.1, -0.05) is 29.3 Å². The lowest BCUT2D eigenvalue weighted by atomic mass is 9.73. The number of fused-ring (bicyclic) bond motifs is 2. The summed E-state index contributed by atoms with van der Waals surface area (Å²) in [6.07, 6.45) is -2.25. The summed E-state index contributed by atoms with van der Waals surface area (Å²) < 4.78 is 0. The number of hydrogen-bond donors (Lipinski definition) is 5. The summed E-state index contributed by atoms with van der Waals surface area (Å²) in [5.74, 6) is -5.49. The number of rotatable bonds is 4. The van der Waals surface area contributed by atoms with Crippen molar-refractivity contribution in [2.24, 2.45) is 11.7 Å². The molecule has 3 atom stereocenters. The first kappa shape index (κ1) is 30.4. The number of benzene rings is 2. The van der Waals surface area contributed by atoms with Crippen LogP contribution in [0.15, 0.2) is 41.2 Å².